The van der Waals surface area contributed by atoms with Crippen molar-refractivity contribution in [2.24, 2.45) is 5.92 Å². The molecule has 4 heteroatoms. The molecule has 1 atom stereocenters. The second kappa shape index (κ2) is 5.70. The molecule has 1 heterocycles. The zero-order chi connectivity index (χ0) is 12.1. The fourth-order valence-electron chi connectivity index (χ4n) is 1.76. The molecule has 0 aromatic carbocycles. The smallest absolute Gasteiger partial charge is 0.320 e. The molecule has 0 unspecified atom stereocenters. The number of nitrogens with zero attached hydrogens (tertiary/aromatic N) is 1. The Kier molecular flexibility index (Phi) is 4.55. The van der Waals surface area contributed by atoms with E-state index in [0.29, 0.717) is 18.9 Å². The van der Waals surface area contributed by atoms with E-state index in [2.05, 4.69) is 4.98 Å². The molecule has 0 fully saturated rings. The highest BCUT2D eigenvalue weighted by Crippen LogP contribution is 2.13. The first kappa shape index (κ1) is 12.8. The summed E-state index contributed by atoms with van der Waals surface area (Å²) in [5.74, 6) is -0.366. The van der Waals surface area contributed by atoms with E-state index < -0.39 is 12.0 Å². The summed E-state index contributed by atoms with van der Waals surface area (Å²) in [6.07, 6.45) is 2.52. The molecule has 0 saturated carbocycles. The maximum atomic E-state index is 11.2. The molecule has 1 aromatic rings. The molecule has 0 aliphatic rings. The second-order valence-electron chi connectivity index (χ2n) is 4.59. The summed E-state index contributed by atoms with van der Waals surface area (Å²) < 4.78 is 0. The minimum atomic E-state index is -0.747. The van der Waals surface area contributed by atoms with Gasteiger partial charge in [0.15, 0.2) is 0 Å². The molecule has 0 saturated heterocycles. The molecule has 0 aliphatic heterocycles. The number of aliphatic carboxylic acids is 1. The minimum Gasteiger partial charge on any atom is -0.480 e. The summed E-state index contributed by atoms with van der Waals surface area (Å²) in [6.45, 7) is 4.72. The van der Waals surface area contributed by atoms with Gasteiger partial charge in [0, 0.05) is 18.4 Å². The van der Waals surface area contributed by atoms with Gasteiger partial charge in [-0.3, -0.25) is 9.69 Å². The number of carboxylic acid groups (broad SMARTS) is 1. The largest absolute Gasteiger partial charge is 0.480 e. The summed E-state index contributed by atoms with van der Waals surface area (Å²) in [5.41, 5.74) is 1.04. The van der Waals surface area contributed by atoms with Gasteiger partial charge in [-0.15, -0.1) is 0 Å². The highest BCUT2D eigenvalue weighted by atomic mass is 16.4. The number of aromatic amines is 1. The quantitative estimate of drug-likeness (QED) is 0.776. The summed E-state index contributed by atoms with van der Waals surface area (Å²) in [7, 11) is 1.85. The molecule has 0 spiro atoms. The number of aromatic nitrogens is 1. The van der Waals surface area contributed by atoms with Gasteiger partial charge in [0.2, 0.25) is 0 Å². The lowest BCUT2D eigenvalue weighted by Gasteiger charge is -2.25. The van der Waals surface area contributed by atoms with Gasteiger partial charge in [-0.2, -0.15) is 0 Å². The van der Waals surface area contributed by atoms with Gasteiger partial charge in [0.25, 0.3) is 0 Å². The molecule has 1 rings (SSSR count). The van der Waals surface area contributed by atoms with Gasteiger partial charge in [-0.25, -0.2) is 0 Å². The molecule has 4 nitrogen and oxygen atoms in total. The minimum absolute atomic E-state index is 0.382. The van der Waals surface area contributed by atoms with Crippen LogP contribution in [-0.4, -0.2) is 34.0 Å². The lowest BCUT2D eigenvalue weighted by Crippen LogP contribution is -2.39. The molecular weight excluding hydrogens is 204 g/mol. The Morgan fingerprint density at radius 2 is 2.25 bits per heavy atom. The van der Waals surface area contributed by atoms with Gasteiger partial charge in [-0.05, 0) is 31.5 Å². The third-order valence-electron chi connectivity index (χ3n) is 2.59. The molecule has 16 heavy (non-hydrogen) atoms. The van der Waals surface area contributed by atoms with Crippen molar-refractivity contribution in [1.82, 2.24) is 9.88 Å². The fraction of sp³-hybridized carbons (Fsp3) is 0.583. The van der Waals surface area contributed by atoms with Crippen LogP contribution in [0.4, 0.5) is 0 Å². The Hall–Kier alpha value is -1.29. The van der Waals surface area contributed by atoms with Crippen molar-refractivity contribution in [1.29, 1.82) is 0 Å². The monoisotopic (exact) mass is 224 g/mol. The van der Waals surface area contributed by atoms with Gasteiger partial charge in [-0.1, -0.05) is 13.8 Å². The normalized spacial score (nSPS) is 13.3. The Labute approximate surface area is 96.3 Å². The first-order valence-electron chi connectivity index (χ1n) is 5.56. The highest BCUT2D eigenvalue weighted by Gasteiger charge is 2.23. The van der Waals surface area contributed by atoms with Gasteiger partial charge in [0.1, 0.15) is 6.04 Å². The maximum absolute atomic E-state index is 11.2. The van der Waals surface area contributed by atoms with E-state index in [9.17, 15) is 4.79 Å². The molecule has 0 aliphatic carbocycles. The van der Waals surface area contributed by atoms with Gasteiger partial charge < -0.3 is 10.1 Å². The number of H-pyrrole nitrogens is 1. The van der Waals surface area contributed by atoms with Crippen LogP contribution in [0, 0.1) is 5.92 Å². The number of hydrogen-bond acceptors (Lipinski definition) is 2. The van der Waals surface area contributed by atoms with Crippen molar-refractivity contribution in [3.63, 3.8) is 0 Å². The number of likely N-dealkylation sites (N-methyl/N-ethyl adjacent to an activating group) is 1. The first-order valence-corrected chi connectivity index (χ1v) is 5.56. The van der Waals surface area contributed by atoms with Crippen molar-refractivity contribution in [3.05, 3.63) is 24.0 Å². The van der Waals surface area contributed by atoms with Crippen LogP contribution >= 0.6 is 0 Å². The number of nitrogens with one attached hydrogen (secondary N) is 1. The van der Waals surface area contributed by atoms with Crippen molar-refractivity contribution < 1.29 is 9.90 Å². The molecule has 0 bridgehead atoms. The second-order valence-corrected chi connectivity index (χ2v) is 4.59. The number of hydrogen-bond donors (Lipinski definition) is 2. The Bertz CT molecular complexity index is 320. The van der Waals surface area contributed by atoms with Crippen LogP contribution in [0.25, 0.3) is 0 Å². The zero-order valence-electron chi connectivity index (χ0n) is 10.1. The van der Waals surface area contributed by atoms with Crippen LogP contribution in [0.3, 0.4) is 0 Å². The number of carbonyl (C=O) groups is 1. The predicted molar refractivity (Wildman–Crippen MR) is 63.1 cm³/mol. The summed E-state index contributed by atoms with van der Waals surface area (Å²) in [6, 6.07) is 3.47. The lowest BCUT2D eigenvalue weighted by atomic mass is 10.0. The predicted octanol–water partition coefficient (Wildman–Crippen LogP) is 1.95. The van der Waals surface area contributed by atoms with E-state index in [0.717, 1.165) is 5.69 Å². The zero-order valence-corrected chi connectivity index (χ0v) is 10.1. The van der Waals surface area contributed by atoms with Crippen LogP contribution in [0.2, 0.25) is 0 Å². The van der Waals surface area contributed by atoms with Crippen LogP contribution in [0.15, 0.2) is 18.3 Å². The van der Waals surface area contributed by atoms with E-state index >= 15 is 0 Å². The van der Waals surface area contributed by atoms with Crippen LogP contribution in [0.1, 0.15) is 26.0 Å². The fourth-order valence-corrected chi connectivity index (χ4v) is 1.76. The number of carboxylic acids is 1. The van der Waals surface area contributed by atoms with Crippen molar-refractivity contribution in [3.8, 4) is 0 Å². The van der Waals surface area contributed by atoms with Crippen LogP contribution in [0.5, 0.6) is 0 Å². The van der Waals surface area contributed by atoms with E-state index in [-0.39, 0.29) is 0 Å². The maximum Gasteiger partial charge on any atom is 0.320 e. The highest BCUT2D eigenvalue weighted by molar-refractivity contribution is 5.73. The summed E-state index contributed by atoms with van der Waals surface area (Å²) in [5, 5.41) is 9.17. The van der Waals surface area contributed by atoms with Crippen molar-refractivity contribution >= 4 is 5.97 Å². The summed E-state index contributed by atoms with van der Waals surface area (Å²) >= 11 is 0. The van der Waals surface area contributed by atoms with Gasteiger partial charge in [0.05, 0.1) is 0 Å². The number of rotatable bonds is 6. The third kappa shape index (κ3) is 3.70. The van der Waals surface area contributed by atoms with E-state index in [1.165, 1.54) is 0 Å². The van der Waals surface area contributed by atoms with E-state index in [1.807, 2.05) is 44.1 Å². The Balaban J connectivity index is 2.60. The standard InChI is InChI=1S/C12H20N2O2/c1-9(2)7-11(12(15)16)14(3)8-10-5-4-6-13-10/h4-6,9,11,13H,7-8H2,1-3H3,(H,15,16)/t11-/m0/s1. The molecule has 2 N–H and O–H groups in total. The topological polar surface area (TPSA) is 56.3 Å². The molecule has 1 aromatic heterocycles. The SMILES string of the molecule is CC(C)C[C@@H](C(=O)O)N(C)Cc1ccc[nH]1. The average molecular weight is 224 g/mol. The lowest BCUT2D eigenvalue weighted by molar-refractivity contribution is -0.143. The van der Waals surface area contributed by atoms with Gasteiger partial charge >= 0.3 is 5.97 Å². The molecule has 90 valence electrons. The molecular formula is C12H20N2O2. The average Bonchev–Trinajstić information content (AvgIpc) is 2.65. The van der Waals surface area contributed by atoms with Crippen molar-refractivity contribution in [2.75, 3.05) is 7.05 Å². The van der Waals surface area contributed by atoms with Crippen LogP contribution in [-0.2, 0) is 11.3 Å². The Morgan fingerprint density at radius 3 is 2.69 bits per heavy atom. The molecule has 0 amide bonds. The third-order valence-corrected chi connectivity index (χ3v) is 2.59. The molecule has 0 radical (unpaired) electrons. The summed E-state index contributed by atoms with van der Waals surface area (Å²) in [4.78, 5) is 16.1. The van der Waals surface area contributed by atoms with E-state index in [1.54, 1.807) is 0 Å². The van der Waals surface area contributed by atoms with Crippen molar-refractivity contribution in [2.45, 2.75) is 32.9 Å². The van der Waals surface area contributed by atoms with E-state index in [4.69, 9.17) is 5.11 Å². The Morgan fingerprint density at radius 1 is 1.56 bits per heavy atom. The van der Waals surface area contributed by atoms with Crippen LogP contribution < -0.4 is 0 Å². The first-order chi connectivity index (χ1) is 7.50.